The van der Waals surface area contributed by atoms with Gasteiger partial charge in [0, 0.05) is 37.2 Å². The van der Waals surface area contributed by atoms with E-state index in [9.17, 15) is 0 Å². The van der Waals surface area contributed by atoms with Gasteiger partial charge in [0.25, 0.3) is 0 Å². The highest BCUT2D eigenvalue weighted by Crippen LogP contribution is 2.29. The number of nitrogens with one attached hydrogen (secondary N) is 1. The molecule has 0 spiro atoms. The quantitative estimate of drug-likeness (QED) is 0.758. The zero-order valence-electron chi connectivity index (χ0n) is 13.7. The number of anilines is 1. The Labute approximate surface area is 127 Å². The summed E-state index contributed by atoms with van der Waals surface area (Å²) in [6.07, 6.45) is 1.13. The number of aromatic nitrogens is 1. The van der Waals surface area contributed by atoms with Gasteiger partial charge in [-0.15, -0.1) is 11.3 Å². The first-order chi connectivity index (χ1) is 9.53. The molecule has 0 aliphatic heterocycles. The predicted molar refractivity (Wildman–Crippen MR) is 87.6 cm³/mol. The Morgan fingerprint density at radius 1 is 1.30 bits per heavy atom. The minimum atomic E-state index is 0.479. The second kappa shape index (κ2) is 8.60. The number of methoxy groups -OCH3 is 1. The van der Waals surface area contributed by atoms with Crippen LogP contribution in [0.15, 0.2) is 0 Å². The molecule has 0 saturated carbocycles. The lowest BCUT2D eigenvalue weighted by Gasteiger charge is -2.26. The van der Waals surface area contributed by atoms with Crippen molar-refractivity contribution in [3.8, 4) is 0 Å². The van der Waals surface area contributed by atoms with E-state index in [1.165, 1.54) is 4.88 Å². The smallest absolute Gasteiger partial charge is 0.186 e. The van der Waals surface area contributed by atoms with Crippen molar-refractivity contribution >= 4 is 16.5 Å². The van der Waals surface area contributed by atoms with E-state index >= 15 is 0 Å². The molecular weight excluding hydrogens is 270 g/mol. The topological polar surface area (TPSA) is 37.4 Å². The molecule has 1 heterocycles. The van der Waals surface area contributed by atoms with E-state index in [1.807, 2.05) is 0 Å². The molecule has 1 atom stereocenters. The second-order valence-corrected chi connectivity index (χ2v) is 6.44. The lowest BCUT2D eigenvalue weighted by Crippen LogP contribution is -2.32. The molecule has 4 nitrogen and oxygen atoms in total. The Hall–Kier alpha value is -0.650. The fourth-order valence-electron chi connectivity index (χ4n) is 2.03. The highest BCUT2D eigenvalue weighted by Gasteiger charge is 2.18. The molecule has 5 heteroatoms. The van der Waals surface area contributed by atoms with Crippen molar-refractivity contribution in [1.82, 2.24) is 10.3 Å². The first-order valence-corrected chi connectivity index (χ1v) is 8.32. The maximum Gasteiger partial charge on any atom is 0.186 e. The van der Waals surface area contributed by atoms with Gasteiger partial charge < -0.3 is 15.0 Å². The maximum absolute atomic E-state index is 5.29. The number of hydrogen-bond donors (Lipinski definition) is 1. The van der Waals surface area contributed by atoms with Crippen molar-refractivity contribution in [2.75, 3.05) is 18.6 Å². The molecule has 0 saturated heterocycles. The van der Waals surface area contributed by atoms with Gasteiger partial charge in [0.2, 0.25) is 0 Å². The van der Waals surface area contributed by atoms with Crippen LogP contribution in [0, 0.1) is 0 Å². The summed E-state index contributed by atoms with van der Waals surface area (Å²) in [6, 6.07) is 1.00. The third-order valence-corrected chi connectivity index (χ3v) is 4.56. The second-order valence-electron chi connectivity index (χ2n) is 5.38. The Morgan fingerprint density at radius 3 is 2.50 bits per heavy atom. The van der Waals surface area contributed by atoms with Gasteiger partial charge in [-0.3, -0.25) is 0 Å². The number of nitrogens with zero attached hydrogens (tertiary/aromatic N) is 2. The van der Waals surface area contributed by atoms with Gasteiger partial charge in [-0.2, -0.15) is 0 Å². The summed E-state index contributed by atoms with van der Waals surface area (Å²) in [4.78, 5) is 8.46. The van der Waals surface area contributed by atoms with Gasteiger partial charge in [0.05, 0.1) is 12.3 Å². The van der Waals surface area contributed by atoms with Crippen molar-refractivity contribution in [2.24, 2.45) is 0 Å². The molecule has 1 rings (SSSR count). The van der Waals surface area contributed by atoms with Crippen molar-refractivity contribution in [2.45, 2.75) is 66.3 Å². The zero-order chi connectivity index (χ0) is 15.1. The molecule has 20 heavy (non-hydrogen) atoms. The minimum absolute atomic E-state index is 0.479. The van der Waals surface area contributed by atoms with E-state index < -0.39 is 0 Å². The average molecular weight is 299 g/mol. The summed E-state index contributed by atoms with van der Waals surface area (Å²) < 4.78 is 5.29. The Morgan fingerprint density at radius 2 is 2.00 bits per heavy atom. The third kappa shape index (κ3) is 4.72. The van der Waals surface area contributed by atoms with Crippen molar-refractivity contribution in [3.05, 3.63) is 10.6 Å². The molecule has 0 aliphatic rings. The molecule has 0 amide bonds. The zero-order valence-corrected chi connectivity index (χ0v) is 14.5. The van der Waals surface area contributed by atoms with Gasteiger partial charge in [-0.05, 0) is 20.3 Å². The molecule has 0 bridgehead atoms. The lowest BCUT2D eigenvalue weighted by atomic mass is 10.2. The fourth-order valence-corrected chi connectivity index (χ4v) is 3.21. The molecule has 1 N–H and O–H groups in total. The van der Waals surface area contributed by atoms with Crippen LogP contribution in [0.2, 0.25) is 0 Å². The SMILES string of the molecule is CCC(C)N(CC)c1nc(COC)c(CNC(C)C)s1. The van der Waals surface area contributed by atoms with Crippen LogP contribution in [-0.2, 0) is 17.9 Å². The normalized spacial score (nSPS) is 12.9. The van der Waals surface area contributed by atoms with E-state index in [0.717, 1.165) is 30.3 Å². The molecule has 0 aliphatic carbocycles. The van der Waals surface area contributed by atoms with Crippen LogP contribution < -0.4 is 10.2 Å². The van der Waals surface area contributed by atoms with Crippen LogP contribution in [0.1, 0.15) is 51.6 Å². The Bertz CT molecular complexity index is 392. The van der Waals surface area contributed by atoms with Crippen molar-refractivity contribution in [3.63, 3.8) is 0 Å². The van der Waals surface area contributed by atoms with Gasteiger partial charge in [-0.1, -0.05) is 20.8 Å². The van der Waals surface area contributed by atoms with Crippen LogP contribution in [0.5, 0.6) is 0 Å². The van der Waals surface area contributed by atoms with E-state index in [0.29, 0.717) is 18.7 Å². The first kappa shape index (κ1) is 17.4. The molecule has 116 valence electrons. The van der Waals surface area contributed by atoms with E-state index in [2.05, 4.69) is 44.8 Å². The molecule has 1 aromatic rings. The molecule has 0 radical (unpaired) electrons. The molecule has 1 aromatic heterocycles. The highest BCUT2D eigenvalue weighted by atomic mass is 32.1. The standard InChI is InChI=1S/C15H29N3OS/c1-7-12(5)18(8-2)15-17-13(10-19-6)14(20-15)9-16-11(3)4/h11-12,16H,7-10H2,1-6H3. The summed E-state index contributed by atoms with van der Waals surface area (Å²) in [6.45, 7) is 13.4. The van der Waals surface area contributed by atoms with Gasteiger partial charge in [0.15, 0.2) is 5.13 Å². The number of ether oxygens (including phenoxy) is 1. The summed E-state index contributed by atoms with van der Waals surface area (Å²) in [7, 11) is 1.73. The summed E-state index contributed by atoms with van der Waals surface area (Å²) in [5.41, 5.74) is 1.07. The molecule has 1 unspecified atom stereocenters. The maximum atomic E-state index is 5.29. The van der Waals surface area contributed by atoms with Gasteiger partial charge in [-0.25, -0.2) is 4.98 Å². The Balaban J connectivity index is 2.94. The first-order valence-electron chi connectivity index (χ1n) is 7.50. The van der Waals surface area contributed by atoms with E-state index in [1.54, 1.807) is 18.4 Å². The monoisotopic (exact) mass is 299 g/mol. The number of thiazole rings is 1. The average Bonchev–Trinajstić information content (AvgIpc) is 2.80. The number of rotatable bonds is 9. The fraction of sp³-hybridized carbons (Fsp3) is 0.800. The molecular formula is C15H29N3OS. The largest absolute Gasteiger partial charge is 0.378 e. The van der Waals surface area contributed by atoms with Crippen LogP contribution >= 0.6 is 11.3 Å². The van der Waals surface area contributed by atoms with Crippen molar-refractivity contribution in [1.29, 1.82) is 0 Å². The third-order valence-electron chi connectivity index (χ3n) is 3.43. The highest BCUT2D eigenvalue weighted by molar-refractivity contribution is 7.15. The van der Waals surface area contributed by atoms with E-state index in [-0.39, 0.29) is 0 Å². The lowest BCUT2D eigenvalue weighted by molar-refractivity contribution is 0.181. The van der Waals surface area contributed by atoms with Gasteiger partial charge in [0.1, 0.15) is 0 Å². The van der Waals surface area contributed by atoms with Crippen LogP contribution in [0.3, 0.4) is 0 Å². The molecule has 0 fully saturated rings. The summed E-state index contributed by atoms with van der Waals surface area (Å²) in [5, 5.41) is 4.59. The van der Waals surface area contributed by atoms with Crippen LogP contribution in [-0.4, -0.2) is 30.7 Å². The van der Waals surface area contributed by atoms with Crippen LogP contribution in [0.25, 0.3) is 0 Å². The Kier molecular flexibility index (Phi) is 7.48. The minimum Gasteiger partial charge on any atom is -0.378 e. The number of hydrogen-bond acceptors (Lipinski definition) is 5. The van der Waals surface area contributed by atoms with Gasteiger partial charge >= 0.3 is 0 Å². The van der Waals surface area contributed by atoms with E-state index in [4.69, 9.17) is 9.72 Å². The summed E-state index contributed by atoms with van der Waals surface area (Å²) >= 11 is 1.79. The summed E-state index contributed by atoms with van der Waals surface area (Å²) in [5.74, 6) is 0. The van der Waals surface area contributed by atoms with Crippen LogP contribution in [0.4, 0.5) is 5.13 Å². The predicted octanol–water partition coefficient (Wildman–Crippen LogP) is 3.41. The molecule has 0 aromatic carbocycles. The van der Waals surface area contributed by atoms with Crippen molar-refractivity contribution < 1.29 is 4.74 Å².